The van der Waals surface area contributed by atoms with Crippen molar-refractivity contribution in [3.63, 3.8) is 0 Å². The molecule has 0 aliphatic heterocycles. The summed E-state index contributed by atoms with van der Waals surface area (Å²) in [5, 5.41) is 11.1. The first kappa shape index (κ1) is 37.9. The van der Waals surface area contributed by atoms with Gasteiger partial charge < -0.3 is 31.9 Å². The van der Waals surface area contributed by atoms with Gasteiger partial charge in [-0.25, -0.2) is 4.98 Å². The molecule has 1 aromatic carbocycles. The molecule has 0 amide bonds. The van der Waals surface area contributed by atoms with Gasteiger partial charge in [-0.1, -0.05) is 25.2 Å². The standard InChI is InChI=1S/C17H17N3O2S.C6H12O.CH4O.CH2S.CH3.Cs/c1-10-4-5-11-14(16(10)23-3)20(8-9-21)17-12(15(11)22)6-7-13(18-2)19-17;1-5-3-6(4-5)7-2;2*1-2;;/h4-7,9H,8H2,1-3H3,(H,18,19);5-6H,3-4H2,1-2H3;2H,1H3;1H2;1H3;/q;;;;-1;+1. The second-order valence-corrected chi connectivity index (χ2v) is 8.49. The molecular formula is C26H38CsN3O4S2. The van der Waals surface area contributed by atoms with Crippen LogP contribution in [0.5, 0.6) is 0 Å². The third kappa shape index (κ3) is 9.18. The van der Waals surface area contributed by atoms with Crippen molar-refractivity contribution in [2.24, 2.45) is 5.92 Å². The van der Waals surface area contributed by atoms with Crippen molar-refractivity contribution in [1.82, 2.24) is 9.55 Å². The molecule has 2 aromatic heterocycles. The van der Waals surface area contributed by atoms with Crippen LogP contribution in [0, 0.1) is 20.3 Å². The summed E-state index contributed by atoms with van der Waals surface area (Å²) in [6.07, 6.45) is 5.95. The quantitative estimate of drug-likeness (QED) is 0.142. The summed E-state index contributed by atoms with van der Waals surface area (Å²) in [6.45, 7) is 4.42. The van der Waals surface area contributed by atoms with Crippen LogP contribution in [0.4, 0.5) is 5.82 Å². The van der Waals surface area contributed by atoms with E-state index in [1.165, 1.54) is 12.8 Å². The maximum atomic E-state index is 12.9. The first-order chi connectivity index (χ1) is 16.4. The number of anilines is 1. The number of carbonyl (C=O) groups excluding carboxylic acids is 1. The number of fused-ring (bicyclic) bond motifs is 2. The van der Waals surface area contributed by atoms with Gasteiger partial charge in [-0.3, -0.25) is 4.79 Å². The number of aromatic nitrogens is 2. The maximum absolute atomic E-state index is 12.9. The minimum Gasteiger partial charge on any atom is -0.400 e. The van der Waals surface area contributed by atoms with E-state index in [1.807, 2.05) is 29.9 Å². The molecule has 194 valence electrons. The SMILES string of the molecule is C=S.CNc1ccc2c(=O)c3ccc(C)c(SC)c3n(CC=O)c2n1.CO.COC1CC(C)C1.[CH3-].[Cs+]. The van der Waals surface area contributed by atoms with Crippen LogP contribution in [0.3, 0.4) is 0 Å². The summed E-state index contributed by atoms with van der Waals surface area (Å²) in [7, 11) is 4.56. The summed E-state index contributed by atoms with van der Waals surface area (Å²) in [5.41, 5.74) is 2.33. The number of thiocarbonyl (C=S) groups is 1. The zero-order valence-electron chi connectivity index (χ0n) is 22.8. The number of ether oxygens (including phenoxy) is 1. The number of aldehydes is 1. The first-order valence-corrected chi connectivity index (χ1v) is 12.6. The molecule has 0 spiro atoms. The molecule has 0 atom stereocenters. The van der Waals surface area contributed by atoms with Gasteiger partial charge in [-0.15, -0.1) is 11.8 Å². The zero-order chi connectivity index (χ0) is 25.8. The Morgan fingerprint density at radius 3 is 2.28 bits per heavy atom. The van der Waals surface area contributed by atoms with Crippen LogP contribution in [-0.2, 0) is 16.1 Å². The van der Waals surface area contributed by atoms with Crippen LogP contribution in [0.2, 0.25) is 0 Å². The molecule has 1 fully saturated rings. The Labute approximate surface area is 283 Å². The molecule has 0 unspecified atom stereocenters. The Morgan fingerprint density at radius 1 is 1.25 bits per heavy atom. The van der Waals surface area contributed by atoms with Crippen molar-refractivity contribution in [3.8, 4) is 0 Å². The van der Waals surface area contributed by atoms with Gasteiger partial charge in [0.25, 0.3) is 0 Å². The molecule has 2 N–H and O–H groups in total. The van der Waals surface area contributed by atoms with Gasteiger partial charge >= 0.3 is 68.9 Å². The average molecular weight is 654 g/mol. The van der Waals surface area contributed by atoms with Gasteiger partial charge in [0.05, 0.1) is 23.6 Å². The van der Waals surface area contributed by atoms with Gasteiger partial charge in [0.2, 0.25) is 0 Å². The van der Waals surface area contributed by atoms with E-state index in [-0.39, 0.29) is 88.3 Å². The molecule has 0 saturated heterocycles. The Kier molecular flexibility index (Phi) is 20.8. The predicted molar refractivity (Wildman–Crippen MR) is 154 cm³/mol. The number of nitrogens with zero attached hydrogens (tertiary/aromatic N) is 2. The molecule has 7 nitrogen and oxygen atoms in total. The molecule has 1 aliphatic rings. The number of rotatable bonds is 5. The number of aliphatic hydroxyl groups excluding tert-OH is 1. The van der Waals surface area contributed by atoms with E-state index in [4.69, 9.17) is 9.84 Å². The largest absolute Gasteiger partial charge is 1.00 e. The summed E-state index contributed by atoms with van der Waals surface area (Å²) in [5.74, 6) is 4.42. The second kappa shape index (κ2) is 19.7. The predicted octanol–water partition coefficient (Wildman–Crippen LogP) is 1.93. The molecular weight excluding hydrogens is 615 g/mol. The minimum absolute atomic E-state index is 0. The average Bonchev–Trinajstić information content (AvgIpc) is 2.86. The molecule has 2 heterocycles. The number of pyridine rings is 2. The third-order valence-corrected chi connectivity index (χ3v) is 6.52. The number of aliphatic hydroxyl groups is 1. The Morgan fingerprint density at radius 2 is 1.83 bits per heavy atom. The molecule has 1 aliphatic carbocycles. The monoisotopic (exact) mass is 653 g/mol. The van der Waals surface area contributed by atoms with E-state index in [1.54, 1.807) is 38.1 Å². The first-order valence-electron chi connectivity index (χ1n) is 10.8. The van der Waals surface area contributed by atoms with Crippen molar-refractivity contribution < 1.29 is 83.5 Å². The van der Waals surface area contributed by atoms with Gasteiger partial charge in [0, 0.05) is 31.5 Å². The van der Waals surface area contributed by atoms with Gasteiger partial charge in [0.1, 0.15) is 17.8 Å². The van der Waals surface area contributed by atoms with E-state index < -0.39 is 0 Å². The normalized spacial score (nSPS) is 15.2. The summed E-state index contributed by atoms with van der Waals surface area (Å²) < 4.78 is 6.89. The number of benzene rings is 1. The second-order valence-electron chi connectivity index (χ2n) is 7.67. The number of hydrogen-bond acceptors (Lipinski definition) is 8. The van der Waals surface area contributed by atoms with E-state index >= 15 is 0 Å². The Bertz CT molecular complexity index is 1150. The van der Waals surface area contributed by atoms with Crippen molar-refractivity contribution in [1.29, 1.82) is 0 Å². The number of nitrogens with one attached hydrogen (secondary N) is 1. The van der Waals surface area contributed by atoms with E-state index in [2.05, 4.69) is 35.3 Å². The third-order valence-electron chi connectivity index (χ3n) is 5.60. The van der Waals surface area contributed by atoms with Crippen molar-refractivity contribution >= 4 is 63.9 Å². The molecule has 1 saturated carbocycles. The van der Waals surface area contributed by atoms with Crippen LogP contribution in [0.25, 0.3) is 21.9 Å². The molecule has 4 rings (SSSR count). The van der Waals surface area contributed by atoms with Crippen LogP contribution >= 0.6 is 24.0 Å². The Hall–Kier alpha value is -0.278. The topological polar surface area (TPSA) is 93.5 Å². The maximum Gasteiger partial charge on any atom is 1.00 e. The van der Waals surface area contributed by atoms with Crippen molar-refractivity contribution in [2.45, 2.75) is 44.2 Å². The fourth-order valence-electron chi connectivity index (χ4n) is 3.88. The summed E-state index contributed by atoms with van der Waals surface area (Å²) in [4.78, 5) is 29.6. The van der Waals surface area contributed by atoms with Gasteiger partial charge in [0.15, 0.2) is 5.43 Å². The van der Waals surface area contributed by atoms with Crippen molar-refractivity contribution in [2.75, 3.05) is 32.8 Å². The van der Waals surface area contributed by atoms with E-state index in [0.717, 1.165) is 35.3 Å². The number of hydrogen-bond donors (Lipinski definition) is 2. The van der Waals surface area contributed by atoms with Gasteiger partial charge in [-0.2, -0.15) is 0 Å². The molecule has 0 radical (unpaired) electrons. The van der Waals surface area contributed by atoms with Gasteiger partial charge in [-0.05, 0) is 61.6 Å². The number of methoxy groups -OCH3 is 1. The van der Waals surface area contributed by atoms with Crippen molar-refractivity contribution in [3.05, 3.63) is 47.5 Å². The fraction of sp³-hybridized carbons (Fsp3) is 0.423. The van der Waals surface area contributed by atoms with Crippen LogP contribution in [-0.4, -0.2) is 60.4 Å². The van der Waals surface area contributed by atoms with E-state index in [0.29, 0.717) is 28.3 Å². The molecule has 3 aromatic rings. The minimum atomic E-state index is -0.0531. The van der Waals surface area contributed by atoms with Crippen LogP contribution in [0.15, 0.2) is 34.0 Å². The molecule has 36 heavy (non-hydrogen) atoms. The van der Waals surface area contributed by atoms with Crippen LogP contribution < -0.4 is 79.6 Å². The summed E-state index contributed by atoms with van der Waals surface area (Å²) >= 11 is 5.41. The molecule has 10 heteroatoms. The van der Waals surface area contributed by atoms with Crippen LogP contribution in [0.1, 0.15) is 25.3 Å². The Balaban J connectivity index is 0. The smallest absolute Gasteiger partial charge is 0.400 e. The molecule has 0 bridgehead atoms. The number of thioether (sulfide) groups is 1. The number of aryl methyl sites for hydroxylation is 1. The van der Waals surface area contributed by atoms with E-state index in [9.17, 15) is 9.59 Å². The fourth-order valence-corrected chi connectivity index (χ4v) is 4.68. The number of carbonyl (C=O) groups is 1. The zero-order valence-corrected chi connectivity index (χ0v) is 30.7. The summed E-state index contributed by atoms with van der Waals surface area (Å²) in [6, 6.07) is 7.31.